The summed E-state index contributed by atoms with van der Waals surface area (Å²) in [7, 11) is 0. The van der Waals surface area contributed by atoms with E-state index in [9.17, 15) is 0 Å². The summed E-state index contributed by atoms with van der Waals surface area (Å²) in [5, 5.41) is 5.91. The van der Waals surface area contributed by atoms with Gasteiger partial charge in [0.05, 0.1) is 11.7 Å². The molecule has 2 N–H and O–H groups in total. The second-order valence-corrected chi connectivity index (χ2v) is 5.89. The summed E-state index contributed by atoms with van der Waals surface area (Å²) in [5.74, 6) is 1.88. The van der Waals surface area contributed by atoms with E-state index in [1.165, 1.54) is 0 Å². The second kappa shape index (κ2) is 5.61. The van der Waals surface area contributed by atoms with Crippen LogP contribution in [0.25, 0.3) is 21.8 Å². The SMILES string of the molecule is CC(C)Oc1cccc(-c2onc(N)c2-c2cccs2)c1. The van der Waals surface area contributed by atoms with Gasteiger partial charge in [0, 0.05) is 10.4 Å². The Hall–Kier alpha value is -2.27. The number of nitrogens with two attached hydrogens (primary N) is 1. The van der Waals surface area contributed by atoms with Crippen molar-refractivity contribution in [1.82, 2.24) is 5.16 Å². The maximum Gasteiger partial charge on any atom is 0.177 e. The van der Waals surface area contributed by atoms with Crippen molar-refractivity contribution >= 4 is 17.2 Å². The van der Waals surface area contributed by atoms with Crippen LogP contribution in [0.1, 0.15) is 13.8 Å². The monoisotopic (exact) mass is 300 g/mol. The van der Waals surface area contributed by atoms with Gasteiger partial charge in [0.15, 0.2) is 11.6 Å². The number of aromatic nitrogens is 1. The van der Waals surface area contributed by atoms with E-state index >= 15 is 0 Å². The standard InChI is InChI=1S/C16H16N2O2S/c1-10(2)19-12-6-3-5-11(9-12)15-14(16(17)18-20-15)13-7-4-8-21-13/h3-10H,1-2H3,(H2,17,18). The highest BCUT2D eigenvalue weighted by molar-refractivity contribution is 7.13. The number of nitrogen functional groups attached to an aromatic ring is 1. The van der Waals surface area contributed by atoms with Crippen molar-refractivity contribution in [3.05, 3.63) is 41.8 Å². The lowest BCUT2D eigenvalue weighted by atomic mass is 10.1. The lowest BCUT2D eigenvalue weighted by molar-refractivity contribution is 0.242. The summed E-state index contributed by atoms with van der Waals surface area (Å²) in [6.07, 6.45) is 0.122. The lowest BCUT2D eigenvalue weighted by Gasteiger charge is -2.10. The van der Waals surface area contributed by atoms with Crippen LogP contribution in [-0.2, 0) is 0 Å². The van der Waals surface area contributed by atoms with E-state index in [1.54, 1.807) is 11.3 Å². The van der Waals surface area contributed by atoms with Crippen molar-refractivity contribution < 1.29 is 9.26 Å². The number of hydrogen-bond donors (Lipinski definition) is 1. The Morgan fingerprint density at radius 3 is 2.81 bits per heavy atom. The molecule has 0 saturated carbocycles. The fraction of sp³-hybridized carbons (Fsp3) is 0.188. The highest BCUT2D eigenvalue weighted by Gasteiger charge is 2.18. The van der Waals surface area contributed by atoms with Gasteiger partial charge in [0.1, 0.15) is 5.75 Å². The minimum Gasteiger partial charge on any atom is -0.491 e. The first-order valence-corrected chi connectivity index (χ1v) is 7.59. The molecule has 0 aliphatic rings. The van der Waals surface area contributed by atoms with E-state index in [0.717, 1.165) is 21.8 Å². The molecule has 3 rings (SSSR count). The summed E-state index contributed by atoms with van der Waals surface area (Å²) in [6, 6.07) is 11.7. The average molecular weight is 300 g/mol. The number of ether oxygens (including phenoxy) is 1. The highest BCUT2D eigenvalue weighted by Crippen LogP contribution is 2.39. The number of nitrogens with zero attached hydrogens (tertiary/aromatic N) is 1. The maximum absolute atomic E-state index is 5.96. The van der Waals surface area contributed by atoms with E-state index in [2.05, 4.69) is 5.16 Å². The van der Waals surface area contributed by atoms with Gasteiger partial charge in [-0.15, -0.1) is 11.3 Å². The Kier molecular flexibility index (Phi) is 3.66. The molecule has 0 aliphatic heterocycles. The van der Waals surface area contributed by atoms with Crippen LogP contribution in [0, 0.1) is 0 Å². The highest BCUT2D eigenvalue weighted by atomic mass is 32.1. The molecular weight excluding hydrogens is 284 g/mol. The van der Waals surface area contributed by atoms with Gasteiger partial charge in [-0.05, 0) is 37.4 Å². The summed E-state index contributed by atoms with van der Waals surface area (Å²) in [5.41, 5.74) is 7.70. The van der Waals surface area contributed by atoms with Crippen molar-refractivity contribution in [3.63, 3.8) is 0 Å². The third-order valence-electron chi connectivity index (χ3n) is 2.95. The average Bonchev–Trinajstić information content (AvgIpc) is 3.07. The molecule has 5 heteroatoms. The van der Waals surface area contributed by atoms with Gasteiger partial charge in [-0.3, -0.25) is 0 Å². The van der Waals surface area contributed by atoms with Crippen molar-refractivity contribution in [3.8, 4) is 27.5 Å². The molecule has 4 nitrogen and oxygen atoms in total. The van der Waals surface area contributed by atoms with Gasteiger partial charge >= 0.3 is 0 Å². The molecule has 0 radical (unpaired) electrons. The zero-order chi connectivity index (χ0) is 14.8. The summed E-state index contributed by atoms with van der Waals surface area (Å²) in [6.45, 7) is 3.99. The third-order valence-corrected chi connectivity index (χ3v) is 3.84. The molecule has 2 aromatic heterocycles. The molecule has 0 aliphatic carbocycles. The first-order valence-electron chi connectivity index (χ1n) is 6.71. The van der Waals surface area contributed by atoms with E-state index in [1.807, 2.05) is 55.6 Å². The zero-order valence-corrected chi connectivity index (χ0v) is 12.7. The zero-order valence-electron chi connectivity index (χ0n) is 11.9. The fourth-order valence-corrected chi connectivity index (χ4v) is 2.92. The number of thiophene rings is 1. The van der Waals surface area contributed by atoms with Gasteiger partial charge < -0.3 is 15.0 Å². The van der Waals surface area contributed by atoms with Crippen LogP contribution in [0.15, 0.2) is 46.3 Å². The Labute approximate surface area is 127 Å². The molecule has 0 fully saturated rings. The summed E-state index contributed by atoms with van der Waals surface area (Å²) in [4.78, 5) is 1.04. The third kappa shape index (κ3) is 2.78. The molecule has 2 heterocycles. The maximum atomic E-state index is 5.96. The molecule has 0 amide bonds. The quantitative estimate of drug-likeness (QED) is 0.773. The predicted octanol–water partition coefficient (Wildman–Crippen LogP) is 4.44. The van der Waals surface area contributed by atoms with Gasteiger partial charge in [-0.2, -0.15) is 0 Å². The molecule has 21 heavy (non-hydrogen) atoms. The number of benzene rings is 1. The predicted molar refractivity (Wildman–Crippen MR) is 85.4 cm³/mol. The van der Waals surface area contributed by atoms with Crippen molar-refractivity contribution in [2.75, 3.05) is 5.73 Å². The van der Waals surface area contributed by atoms with Crippen LogP contribution < -0.4 is 10.5 Å². The smallest absolute Gasteiger partial charge is 0.177 e. The summed E-state index contributed by atoms with van der Waals surface area (Å²) >= 11 is 1.61. The second-order valence-electron chi connectivity index (χ2n) is 4.94. The summed E-state index contributed by atoms with van der Waals surface area (Å²) < 4.78 is 11.2. The Bertz CT molecular complexity index is 733. The minimum atomic E-state index is 0.122. The van der Waals surface area contributed by atoms with Crippen LogP contribution in [0.2, 0.25) is 0 Å². The van der Waals surface area contributed by atoms with Crippen LogP contribution in [0.4, 0.5) is 5.82 Å². The number of hydrogen-bond acceptors (Lipinski definition) is 5. The molecule has 3 aromatic rings. The normalized spacial score (nSPS) is 11.0. The van der Waals surface area contributed by atoms with Crippen LogP contribution >= 0.6 is 11.3 Å². The number of anilines is 1. The van der Waals surface area contributed by atoms with Gasteiger partial charge in [0.2, 0.25) is 0 Å². The van der Waals surface area contributed by atoms with Crippen LogP contribution in [-0.4, -0.2) is 11.3 Å². The van der Waals surface area contributed by atoms with E-state index in [0.29, 0.717) is 11.6 Å². The largest absolute Gasteiger partial charge is 0.491 e. The molecule has 0 saturated heterocycles. The lowest BCUT2D eigenvalue weighted by Crippen LogP contribution is -2.05. The fourth-order valence-electron chi connectivity index (χ4n) is 2.14. The molecular formula is C16H16N2O2S. The van der Waals surface area contributed by atoms with E-state index in [-0.39, 0.29) is 6.10 Å². The first kappa shape index (κ1) is 13.7. The van der Waals surface area contributed by atoms with Crippen molar-refractivity contribution in [1.29, 1.82) is 0 Å². The van der Waals surface area contributed by atoms with Gasteiger partial charge in [-0.1, -0.05) is 23.4 Å². The van der Waals surface area contributed by atoms with Crippen molar-refractivity contribution in [2.24, 2.45) is 0 Å². The minimum absolute atomic E-state index is 0.122. The van der Waals surface area contributed by atoms with Crippen LogP contribution in [0.5, 0.6) is 5.75 Å². The topological polar surface area (TPSA) is 61.3 Å². The van der Waals surface area contributed by atoms with Gasteiger partial charge in [-0.25, -0.2) is 0 Å². The molecule has 1 aromatic carbocycles. The van der Waals surface area contributed by atoms with Crippen LogP contribution in [0.3, 0.4) is 0 Å². The number of rotatable bonds is 4. The van der Waals surface area contributed by atoms with Crippen molar-refractivity contribution in [2.45, 2.75) is 20.0 Å². The first-order chi connectivity index (χ1) is 10.1. The van der Waals surface area contributed by atoms with Gasteiger partial charge in [0.25, 0.3) is 0 Å². The van der Waals surface area contributed by atoms with E-state index in [4.69, 9.17) is 15.0 Å². The Balaban J connectivity index is 2.06. The molecule has 108 valence electrons. The molecule has 0 spiro atoms. The molecule has 0 unspecified atom stereocenters. The molecule has 0 atom stereocenters. The van der Waals surface area contributed by atoms with E-state index < -0.39 is 0 Å². The molecule has 0 bridgehead atoms. The Morgan fingerprint density at radius 1 is 1.24 bits per heavy atom. The Morgan fingerprint density at radius 2 is 2.10 bits per heavy atom.